The summed E-state index contributed by atoms with van der Waals surface area (Å²) in [7, 11) is 3.17. The van der Waals surface area contributed by atoms with Crippen LogP contribution in [0.25, 0.3) is 0 Å². The Balaban J connectivity index is 1.45. The van der Waals surface area contributed by atoms with Gasteiger partial charge in [0.1, 0.15) is 23.1 Å². The van der Waals surface area contributed by atoms with Crippen LogP contribution in [0.5, 0.6) is 17.4 Å². The fourth-order valence-electron chi connectivity index (χ4n) is 3.26. The molecule has 0 radical (unpaired) electrons. The van der Waals surface area contributed by atoms with E-state index in [1.165, 1.54) is 19.4 Å². The molecule has 0 saturated carbocycles. The van der Waals surface area contributed by atoms with Gasteiger partial charge in [0.2, 0.25) is 5.88 Å². The number of carbonyl (C=O) groups is 1. The SMILES string of the molecule is COc1ncc(CNC(=O)c2cccc(Oc3ccnc(Nc4ccnn4C)c3)c2C)cc1F. The first kappa shape index (κ1) is 22.7. The Labute approximate surface area is 195 Å². The number of nitrogens with one attached hydrogen (secondary N) is 2. The van der Waals surface area contributed by atoms with Gasteiger partial charge in [-0.25, -0.2) is 14.4 Å². The van der Waals surface area contributed by atoms with Gasteiger partial charge in [0, 0.05) is 49.2 Å². The van der Waals surface area contributed by atoms with E-state index in [4.69, 9.17) is 9.47 Å². The first-order valence-corrected chi connectivity index (χ1v) is 10.4. The highest BCUT2D eigenvalue weighted by Gasteiger charge is 2.14. The van der Waals surface area contributed by atoms with Crippen LogP contribution in [0.1, 0.15) is 21.5 Å². The number of hydrogen-bond acceptors (Lipinski definition) is 7. The van der Waals surface area contributed by atoms with Crippen molar-refractivity contribution < 1.29 is 18.7 Å². The van der Waals surface area contributed by atoms with Gasteiger partial charge in [-0.05, 0) is 36.8 Å². The molecule has 174 valence electrons. The zero-order valence-corrected chi connectivity index (χ0v) is 18.9. The van der Waals surface area contributed by atoms with Crippen molar-refractivity contribution in [3.05, 3.63) is 83.6 Å². The number of halogens is 1. The summed E-state index contributed by atoms with van der Waals surface area (Å²) < 4.78 is 26.4. The molecule has 0 bridgehead atoms. The summed E-state index contributed by atoms with van der Waals surface area (Å²) in [4.78, 5) is 21.0. The van der Waals surface area contributed by atoms with Gasteiger partial charge < -0.3 is 20.1 Å². The Morgan fingerprint density at radius 3 is 2.74 bits per heavy atom. The summed E-state index contributed by atoms with van der Waals surface area (Å²) in [5.74, 6) is 1.47. The summed E-state index contributed by atoms with van der Waals surface area (Å²) in [6, 6.07) is 11.8. The van der Waals surface area contributed by atoms with E-state index >= 15 is 0 Å². The average molecular weight is 462 g/mol. The Bertz CT molecular complexity index is 1320. The third kappa shape index (κ3) is 5.12. The number of hydrogen-bond donors (Lipinski definition) is 2. The topological polar surface area (TPSA) is 103 Å². The predicted octanol–water partition coefficient (Wildman–Crippen LogP) is 4.13. The third-order valence-electron chi connectivity index (χ3n) is 5.08. The van der Waals surface area contributed by atoms with E-state index in [0.717, 1.165) is 5.82 Å². The molecule has 4 rings (SSSR count). The van der Waals surface area contributed by atoms with Crippen molar-refractivity contribution in [1.29, 1.82) is 0 Å². The van der Waals surface area contributed by atoms with Crippen molar-refractivity contribution in [2.45, 2.75) is 13.5 Å². The fourth-order valence-corrected chi connectivity index (χ4v) is 3.26. The first-order valence-electron chi connectivity index (χ1n) is 10.4. The minimum Gasteiger partial charge on any atom is -0.479 e. The van der Waals surface area contributed by atoms with Crippen LogP contribution in [0.15, 0.2) is 61.1 Å². The molecule has 0 fully saturated rings. The smallest absolute Gasteiger partial charge is 0.251 e. The highest BCUT2D eigenvalue weighted by molar-refractivity contribution is 5.96. The molecular formula is C24H23FN6O3. The van der Waals surface area contributed by atoms with E-state index in [0.29, 0.717) is 34.0 Å². The summed E-state index contributed by atoms with van der Waals surface area (Å²) in [5.41, 5.74) is 1.63. The molecular weight excluding hydrogens is 439 g/mol. The molecule has 0 aliphatic carbocycles. The lowest BCUT2D eigenvalue weighted by Crippen LogP contribution is -2.23. The maximum Gasteiger partial charge on any atom is 0.251 e. The van der Waals surface area contributed by atoms with Gasteiger partial charge in [0.05, 0.1) is 13.3 Å². The molecule has 0 aliphatic rings. The number of methoxy groups -OCH3 is 1. The number of carbonyl (C=O) groups excluding carboxylic acids is 1. The van der Waals surface area contributed by atoms with Crippen molar-refractivity contribution in [1.82, 2.24) is 25.1 Å². The predicted molar refractivity (Wildman–Crippen MR) is 124 cm³/mol. The number of amides is 1. The van der Waals surface area contributed by atoms with E-state index in [9.17, 15) is 9.18 Å². The van der Waals surface area contributed by atoms with Crippen molar-refractivity contribution in [2.75, 3.05) is 12.4 Å². The molecule has 2 N–H and O–H groups in total. The Morgan fingerprint density at radius 2 is 2.00 bits per heavy atom. The lowest BCUT2D eigenvalue weighted by molar-refractivity contribution is 0.0950. The zero-order chi connectivity index (χ0) is 24.1. The molecule has 0 aliphatic heterocycles. The number of nitrogens with zero attached hydrogens (tertiary/aromatic N) is 4. The Kier molecular flexibility index (Phi) is 6.67. The molecule has 0 spiro atoms. The second kappa shape index (κ2) is 9.99. The summed E-state index contributed by atoms with van der Waals surface area (Å²) >= 11 is 0. The van der Waals surface area contributed by atoms with Gasteiger partial charge in [-0.1, -0.05) is 6.07 Å². The minimum absolute atomic E-state index is 0.0921. The van der Waals surface area contributed by atoms with Crippen LogP contribution in [-0.4, -0.2) is 32.8 Å². The number of ether oxygens (including phenoxy) is 2. The van der Waals surface area contributed by atoms with Crippen LogP contribution in [0.4, 0.5) is 16.0 Å². The van der Waals surface area contributed by atoms with E-state index in [1.54, 1.807) is 54.3 Å². The van der Waals surface area contributed by atoms with Crippen LogP contribution < -0.4 is 20.1 Å². The average Bonchev–Trinajstić information content (AvgIpc) is 3.23. The molecule has 10 heteroatoms. The van der Waals surface area contributed by atoms with Crippen LogP contribution in [0.2, 0.25) is 0 Å². The van der Waals surface area contributed by atoms with E-state index < -0.39 is 5.82 Å². The molecule has 3 heterocycles. The molecule has 0 unspecified atom stereocenters. The lowest BCUT2D eigenvalue weighted by atomic mass is 10.1. The maximum atomic E-state index is 13.8. The van der Waals surface area contributed by atoms with Crippen molar-refractivity contribution in [3.63, 3.8) is 0 Å². The van der Waals surface area contributed by atoms with Gasteiger partial charge in [-0.2, -0.15) is 5.10 Å². The van der Waals surface area contributed by atoms with Gasteiger partial charge in [-0.15, -0.1) is 0 Å². The summed E-state index contributed by atoms with van der Waals surface area (Å²) in [6.45, 7) is 1.92. The Morgan fingerprint density at radius 1 is 1.15 bits per heavy atom. The molecule has 0 saturated heterocycles. The molecule has 0 atom stereocenters. The van der Waals surface area contributed by atoms with E-state index in [2.05, 4.69) is 25.7 Å². The normalized spacial score (nSPS) is 10.6. The van der Waals surface area contributed by atoms with Crippen LogP contribution in [-0.2, 0) is 13.6 Å². The van der Waals surface area contributed by atoms with Gasteiger partial charge in [0.25, 0.3) is 5.91 Å². The monoisotopic (exact) mass is 462 g/mol. The number of benzene rings is 1. The van der Waals surface area contributed by atoms with Crippen molar-refractivity contribution in [2.24, 2.45) is 7.05 Å². The van der Waals surface area contributed by atoms with Crippen LogP contribution >= 0.6 is 0 Å². The fraction of sp³-hybridized carbons (Fsp3) is 0.167. The third-order valence-corrected chi connectivity index (χ3v) is 5.08. The molecule has 34 heavy (non-hydrogen) atoms. The Hall–Kier alpha value is -4.47. The van der Waals surface area contributed by atoms with Crippen molar-refractivity contribution in [3.8, 4) is 17.4 Å². The molecule has 1 aromatic carbocycles. The summed E-state index contributed by atoms with van der Waals surface area (Å²) in [6.07, 6.45) is 4.77. The standard InChI is InChI=1S/C24H23FN6O3/c1-15-18(23(32)27-13-16-11-19(25)24(33-3)28-14-16)5-4-6-20(15)34-17-7-9-26-21(12-17)30-22-8-10-29-31(22)2/h4-12,14H,13H2,1-3H3,(H,26,30)(H,27,32). The number of pyridine rings is 2. The molecule has 1 amide bonds. The minimum atomic E-state index is -0.588. The van der Waals surface area contributed by atoms with Crippen LogP contribution in [0.3, 0.4) is 0 Å². The highest BCUT2D eigenvalue weighted by atomic mass is 19.1. The second-order valence-corrected chi connectivity index (χ2v) is 7.39. The summed E-state index contributed by atoms with van der Waals surface area (Å²) in [5, 5.41) is 10.1. The first-order chi connectivity index (χ1) is 16.4. The quantitative estimate of drug-likeness (QED) is 0.406. The number of aryl methyl sites for hydroxylation is 1. The lowest BCUT2D eigenvalue weighted by Gasteiger charge is -2.14. The van der Waals surface area contributed by atoms with Gasteiger partial charge in [-0.3, -0.25) is 9.48 Å². The van der Waals surface area contributed by atoms with E-state index in [1.807, 2.05) is 13.1 Å². The molecule has 3 aromatic heterocycles. The number of anilines is 2. The largest absolute Gasteiger partial charge is 0.479 e. The van der Waals surface area contributed by atoms with Gasteiger partial charge in [0.15, 0.2) is 5.82 Å². The van der Waals surface area contributed by atoms with Crippen LogP contribution in [0, 0.1) is 12.7 Å². The second-order valence-electron chi connectivity index (χ2n) is 7.39. The zero-order valence-electron chi connectivity index (χ0n) is 18.9. The number of rotatable bonds is 8. The van der Waals surface area contributed by atoms with Crippen molar-refractivity contribution >= 4 is 17.5 Å². The van der Waals surface area contributed by atoms with E-state index in [-0.39, 0.29) is 18.3 Å². The highest BCUT2D eigenvalue weighted by Crippen LogP contribution is 2.29. The molecule has 4 aromatic rings. The maximum absolute atomic E-state index is 13.8. The van der Waals surface area contributed by atoms with Gasteiger partial charge >= 0.3 is 0 Å². The number of aromatic nitrogens is 4. The molecule has 9 nitrogen and oxygen atoms in total.